The lowest BCUT2D eigenvalue weighted by atomic mass is 10.2. The van der Waals surface area contributed by atoms with E-state index in [-0.39, 0.29) is 5.97 Å². The van der Waals surface area contributed by atoms with E-state index >= 15 is 0 Å². The second-order valence-corrected chi connectivity index (χ2v) is 3.36. The average molecular weight is 204 g/mol. The maximum absolute atomic E-state index is 11.1. The first-order valence-electron chi connectivity index (χ1n) is 4.82. The van der Waals surface area contributed by atoms with Crippen LogP contribution in [0.15, 0.2) is 30.0 Å². The zero-order chi connectivity index (χ0) is 10.7. The summed E-state index contributed by atoms with van der Waals surface area (Å²) in [6.45, 7) is 2.40. The van der Waals surface area contributed by atoms with Gasteiger partial charge in [-0.3, -0.25) is 0 Å². The minimum Gasteiger partial charge on any atom is -0.462 e. The van der Waals surface area contributed by atoms with Crippen molar-refractivity contribution in [1.29, 1.82) is 0 Å². The molecule has 2 heterocycles. The van der Waals surface area contributed by atoms with E-state index in [0.29, 0.717) is 18.6 Å². The van der Waals surface area contributed by atoms with E-state index in [2.05, 4.69) is 10.3 Å². The highest BCUT2D eigenvalue weighted by atomic mass is 16.5. The van der Waals surface area contributed by atoms with Crippen molar-refractivity contribution < 1.29 is 9.53 Å². The molecule has 78 valence electrons. The quantitative estimate of drug-likeness (QED) is 0.587. The number of anilines is 1. The maximum atomic E-state index is 11.1. The Kier molecular flexibility index (Phi) is 2.67. The molecule has 4 heteroatoms. The van der Waals surface area contributed by atoms with Crippen molar-refractivity contribution in [3.63, 3.8) is 0 Å². The molecular weight excluding hydrogens is 192 g/mol. The number of hydrogen-bond donors (Lipinski definition) is 1. The zero-order valence-electron chi connectivity index (χ0n) is 8.49. The van der Waals surface area contributed by atoms with E-state index in [1.807, 2.05) is 25.1 Å². The summed E-state index contributed by atoms with van der Waals surface area (Å²) in [5.41, 5.74) is 1.60. The number of hydrogen-bond acceptors (Lipinski definition) is 4. The van der Waals surface area contributed by atoms with Crippen LogP contribution in [0.3, 0.4) is 0 Å². The average Bonchev–Trinajstić information content (AvgIpc) is 2.61. The number of ether oxygens (including phenoxy) is 1. The number of esters is 1. The van der Waals surface area contributed by atoms with Crippen molar-refractivity contribution in [3.8, 4) is 0 Å². The predicted octanol–water partition coefficient (Wildman–Crippen LogP) is 1.63. The number of rotatable bonds is 2. The second-order valence-electron chi connectivity index (χ2n) is 3.36. The Hall–Kier alpha value is -1.84. The summed E-state index contributed by atoms with van der Waals surface area (Å²) < 4.78 is 4.81. The minimum atomic E-state index is -0.241. The fourth-order valence-electron chi connectivity index (χ4n) is 1.36. The number of carbonyl (C=O) groups is 1. The van der Waals surface area contributed by atoms with Gasteiger partial charge in [-0.15, -0.1) is 0 Å². The number of carbonyl (C=O) groups excluding carboxylic acids is 1. The molecule has 0 saturated carbocycles. The van der Waals surface area contributed by atoms with Crippen LogP contribution in [-0.2, 0) is 9.53 Å². The molecule has 1 N–H and O–H groups in total. The minimum absolute atomic E-state index is 0.241. The molecule has 0 spiro atoms. The van der Waals surface area contributed by atoms with Crippen molar-refractivity contribution in [2.24, 2.45) is 0 Å². The molecule has 1 aromatic rings. The first-order chi connectivity index (χ1) is 7.25. The van der Waals surface area contributed by atoms with E-state index in [1.165, 1.54) is 0 Å². The third-order valence-electron chi connectivity index (χ3n) is 2.15. The molecule has 1 saturated heterocycles. The molecule has 4 nitrogen and oxygen atoms in total. The molecule has 0 radical (unpaired) electrons. The zero-order valence-corrected chi connectivity index (χ0v) is 8.49. The van der Waals surface area contributed by atoms with Gasteiger partial charge in [0, 0.05) is 18.3 Å². The second kappa shape index (κ2) is 4.13. The van der Waals surface area contributed by atoms with Crippen molar-refractivity contribution in [3.05, 3.63) is 35.7 Å². The van der Waals surface area contributed by atoms with E-state index in [1.54, 1.807) is 6.20 Å². The SMILES string of the molecule is Cc1cccc(N/C=C2\CCOC2=O)n1. The molecule has 0 unspecified atom stereocenters. The molecule has 0 aromatic carbocycles. The van der Waals surface area contributed by atoms with Crippen LogP contribution in [-0.4, -0.2) is 17.6 Å². The van der Waals surface area contributed by atoms with Gasteiger partial charge in [0.1, 0.15) is 5.82 Å². The standard InChI is InChI=1S/C11H12N2O2/c1-8-3-2-4-10(13-8)12-7-9-5-6-15-11(9)14/h2-4,7H,5-6H2,1H3,(H,12,13)/b9-7+. The van der Waals surface area contributed by atoms with Crippen LogP contribution in [0.2, 0.25) is 0 Å². The Bertz CT molecular complexity index is 413. The molecule has 1 fully saturated rings. The molecule has 15 heavy (non-hydrogen) atoms. The fourth-order valence-corrected chi connectivity index (χ4v) is 1.36. The number of nitrogens with one attached hydrogen (secondary N) is 1. The van der Waals surface area contributed by atoms with E-state index < -0.39 is 0 Å². The van der Waals surface area contributed by atoms with Crippen LogP contribution in [0.1, 0.15) is 12.1 Å². The highest BCUT2D eigenvalue weighted by Crippen LogP contribution is 2.13. The number of cyclic esters (lactones) is 1. The Morgan fingerprint density at radius 1 is 1.53 bits per heavy atom. The monoisotopic (exact) mass is 204 g/mol. The third kappa shape index (κ3) is 2.34. The van der Waals surface area contributed by atoms with Gasteiger partial charge in [-0.25, -0.2) is 9.78 Å². The number of aromatic nitrogens is 1. The highest BCUT2D eigenvalue weighted by molar-refractivity contribution is 5.90. The van der Waals surface area contributed by atoms with Crippen LogP contribution >= 0.6 is 0 Å². The van der Waals surface area contributed by atoms with E-state index in [4.69, 9.17) is 4.74 Å². The van der Waals surface area contributed by atoms with Gasteiger partial charge in [-0.2, -0.15) is 0 Å². The molecule has 0 aliphatic carbocycles. The molecule has 0 amide bonds. The van der Waals surface area contributed by atoms with Gasteiger partial charge >= 0.3 is 5.97 Å². The van der Waals surface area contributed by atoms with Crippen molar-refractivity contribution in [2.45, 2.75) is 13.3 Å². The summed E-state index contributed by atoms with van der Waals surface area (Å²) in [7, 11) is 0. The Morgan fingerprint density at radius 2 is 2.40 bits per heavy atom. The Labute approximate surface area is 88.0 Å². The summed E-state index contributed by atoms with van der Waals surface area (Å²) in [4.78, 5) is 15.4. The summed E-state index contributed by atoms with van der Waals surface area (Å²) >= 11 is 0. The molecule has 0 bridgehead atoms. The number of nitrogens with zero attached hydrogens (tertiary/aromatic N) is 1. The van der Waals surface area contributed by atoms with Gasteiger partial charge in [-0.1, -0.05) is 6.07 Å². The number of aryl methyl sites for hydroxylation is 1. The summed E-state index contributed by atoms with van der Waals surface area (Å²) in [6.07, 6.45) is 2.33. The first-order valence-corrected chi connectivity index (χ1v) is 4.82. The normalized spacial score (nSPS) is 17.9. The van der Waals surface area contributed by atoms with Crippen molar-refractivity contribution >= 4 is 11.8 Å². The predicted molar refractivity (Wildman–Crippen MR) is 56.3 cm³/mol. The van der Waals surface area contributed by atoms with Gasteiger partial charge < -0.3 is 10.1 Å². The van der Waals surface area contributed by atoms with Crippen LogP contribution in [0.25, 0.3) is 0 Å². The lowest BCUT2D eigenvalue weighted by molar-refractivity contribution is -0.135. The topological polar surface area (TPSA) is 51.2 Å². The maximum Gasteiger partial charge on any atom is 0.335 e. The van der Waals surface area contributed by atoms with Crippen LogP contribution in [0.5, 0.6) is 0 Å². The summed E-state index contributed by atoms with van der Waals surface area (Å²) in [5, 5.41) is 2.98. The van der Waals surface area contributed by atoms with Crippen LogP contribution in [0, 0.1) is 6.92 Å². The molecule has 2 rings (SSSR count). The van der Waals surface area contributed by atoms with Gasteiger partial charge in [0.15, 0.2) is 0 Å². The molecule has 1 aliphatic rings. The van der Waals surface area contributed by atoms with Crippen LogP contribution in [0.4, 0.5) is 5.82 Å². The Balaban J connectivity index is 2.06. The van der Waals surface area contributed by atoms with Gasteiger partial charge in [-0.05, 0) is 19.1 Å². The van der Waals surface area contributed by atoms with Gasteiger partial charge in [0.2, 0.25) is 0 Å². The largest absolute Gasteiger partial charge is 0.462 e. The molecule has 1 aliphatic heterocycles. The molecule has 0 atom stereocenters. The first kappa shape index (κ1) is 9.71. The molecule has 1 aromatic heterocycles. The lowest BCUT2D eigenvalue weighted by Gasteiger charge is -2.00. The van der Waals surface area contributed by atoms with Crippen molar-refractivity contribution in [1.82, 2.24) is 4.98 Å². The van der Waals surface area contributed by atoms with Crippen molar-refractivity contribution in [2.75, 3.05) is 11.9 Å². The summed E-state index contributed by atoms with van der Waals surface area (Å²) in [6, 6.07) is 5.68. The lowest BCUT2D eigenvalue weighted by Crippen LogP contribution is -1.99. The highest BCUT2D eigenvalue weighted by Gasteiger charge is 2.17. The fraction of sp³-hybridized carbons (Fsp3) is 0.273. The third-order valence-corrected chi connectivity index (χ3v) is 2.15. The molecular formula is C11H12N2O2. The Morgan fingerprint density at radius 3 is 3.07 bits per heavy atom. The number of pyridine rings is 1. The van der Waals surface area contributed by atoms with Gasteiger partial charge in [0.25, 0.3) is 0 Å². The smallest absolute Gasteiger partial charge is 0.335 e. The van der Waals surface area contributed by atoms with Crippen LogP contribution < -0.4 is 5.32 Å². The summed E-state index contributed by atoms with van der Waals surface area (Å²) in [5.74, 6) is 0.498. The van der Waals surface area contributed by atoms with E-state index in [0.717, 1.165) is 11.5 Å². The van der Waals surface area contributed by atoms with Gasteiger partial charge in [0.05, 0.1) is 12.2 Å². The van der Waals surface area contributed by atoms with E-state index in [9.17, 15) is 4.79 Å².